The summed E-state index contributed by atoms with van der Waals surface area (Å²) in [5.74, 6) is -0.743. The van der Waals surface area contributed by atoms with E-state index in [2.05, 4.69) is 22.0 Å². The molecule has 0 aliphatic heterocycles. The number of benzene rings is 6. The monoisotopic (exact) mass is 935 g/mol. The Kier molecular flexibility index (Phi) is 17.0. The molecule has 0 unspecified atom stereocenters. The first kappa shape index (κ1) is 46.6. The van der Waals surface area contributed by atoms with E-state index in [1.54, 1.807) is 18.2 Å². The van der Waals surface area contributed by atoms with Crippen LogP contribution < -0.4 is 16.0 Å². The van der Waals surface area contributed by atoms with Gasteiger partial charge in [0.15, 0.2) is 17.2 Å². The quantitative estimate of drug-likeness (QED) is 0.0639. The van der Waals surface area contributed by atoms with Crippen molar-refractivity contribution in [2.24, 2.45) is 0 Å². The number of halogens is 11. The Labute approximate surface area is 366 Å². The number of rotatable bonds is 9. The molecule has 0 aliphatic carbocycles. The van der Waals surface area contributed by atoms with Gasteiger partial charge in [-0.1, -0.05) is 129 Å². The van der Waals surface area contributed by atoms with E-state index < -0.39 is 17.6 Å². The molecule has 0 aliphatic rings. The van der Waals surface area contributed by atoms with Crippen LogP contribution in [-0.2, 0) is 25.8 Å². The smallest absolute Gasteiger partial charge is 0.416 e. The maximum atomic E-state index is 13.6. The molecule has 0 heterocycles. The van der Waals surface area contributed by atoms with Crippen LogP contribution in [0, 0.1) is 12.7 Å². The second-order valence-electron chi connectivity index (χ2n) is 12.3. The van der Waals surface area contributed by atoms with Crippen LogP contribution in [0.1, 0.15) is 27.8 Å². The zero-order chi connectivity index (χ0) is 42.7. The fourth-order valence-corrected chi connectivity index (χ4v) is 6.77. The van der Waals surface area contributed by atoms with Crippen LogP contribution >= 0.6 is 81.2 Å². The predicted octanol–water partition coefficient (Wildman–Crippen LogP) is 15.1. The number of alkyl halides is 3. The second-order valence-corrected chi connectivity index (χ2v) is 15.2. The molecule has 0 saturated carbocycles. The molecule has 6 aromatic rings. The summed E-state index contributed by atoms with van der Waals surface area (Å²) < 4.78 is 51.4. The average molecular weight is 939 g/mol. The van der Waals surface area contributed by atoms with Gasteiger partial charge < -0.3 is 31.3 Å². The van der Waals surface area contributed by atoms with E-state index in [-0.39, 0.29) is 51.1 Å². The van der Waals surface area contributed by atoms with E-state index in [4.69, 9.17) is 81.2 Å². The number of hydrogen-bond acceptors (Lipinski definition) is 6. The normalized spacial score (nSPS) is 10.8. The maximum Gasteiger partial charge on any atom is 0.416 e. The topological polar surface area (TPSA) is 96.8 Å². The van der Waals surface area contributed by atoms with Crippen LogP contribution in [0.3, 0.4) is 0 Å². The molecule has 0 aromatic heterocycles. The molecular formula is C41H32Cl7F4N3O3. The van der Waals surface area contributed by atoms with Crippen molar-refractivity contribution < 1.29 is 32.9 Å². The van der Waals surface area contributed by atoms with Crippen molar-refractivity contribution in [3.63, 3.8) is 0 Å². The number of phenols is 3. The molecular weight excluding hydrogens is 907 g/mol. The van der Waals surface area contributed by atoms with Gasteiger partial charge in [0.25, 0.3) is 0 Å². The molecule has 6 rings (SSSR count). The van der Waals surface area contributed by atoms with Gasteiger partial charge >= 0.3 is 6.18 Å². The maximum absolute atomic E-state index is 13.6. The van der Waals surface area contributed by atoms with E-state index in [1.165, 1.54) is 54.1 Å². The van der Waals surface area contributed by atoms with Gasteiger partial charge in [0.05, 0.1) is 37.7 Å². The summed E-state index contributed by atoms with van der Waals surface area (Å²) in [5.41, 5.74) is 3.43. The minimum absolute atomic E-state index is 0.0220. The Balaban J connectivity index is 0.000000193. The fraction of sp³-hybridized carbons (Fsp3) is 0.122. The lowest BCUT2D eigenvalue weighted by Gasteiger charge is -2.12. The highest BCUT2D eigenvalue weighted by molar-refractivity contribution is 6.37. The van der Waals surface area contributed by atoms with E-state index >= 15 is 0 Å². The average Bonchev–Trinajstić information content (AvgIpc) is 3.15. The van der Waals surface area contributed by atoms with Crippen molar-refractivity contribution in [2.45, 2.75) is 32.7 Å². The molecule has 17 heteroatoms. The van der Waals surface area contributed by atoms with Crippen LogP contribution in [0.5, 0.6) is 17.2 Å². The fourth-order valence-electron chi connectivity index (χ4n) is 5.06. The Morgan fingerprint density at radius 1 is 0.500 bits per heavy atom. The number of phenolic OH excluding ortho intramolecular Hbond substituents is 3. The van der Waals surface area contributed by atoms with Gasteiger partial charge in [0.2, 0.25) is 0 Å². The Morgan fingerprint density at radius 2 is 0.914 bits per heavy atom. The number of nitrogens with one attached hydrogen (secondary N) is 3. The molecule has 0 radical (unpaired) electrons. The van der Waals surface area contributed by atoms with Crippen LogP contribution in [0.15, 0.2) is 103 Å². The Hall–Kier alpha value is -4.13. The summed E-state index contributed by atoms with van der Waals surface area (Å²) in [6, 6.07) is 26.3. The summed E-state index contributed by atoms with van der Waals surface area (Å²) in [7, 11) is 0. The first-order valence-corrected chi connectivity index (χ1v) is 19.4. The molecule has 0 amide bonds. The summed E-state index contributed by atoms with van der Waals surface area (Å²) in [6.45, 7) is 2.84. The first-order chi connectivity index (χ1) is 27.3. The van der Waals surface area contributed by atoms with Crippen LogP contribution in [0.4, 0.5) is 34.6 Å². The summed E-state index contributed by atoms with van der Waals surface area (Å²) in [4.78, 5) is 0. The molecule has 0 saturated heterocycles. The van der Waals surface area contributed by atoms with Crippen LogP contribution in [0.25, 0.3) is 0 Å². The third kappa shape index (κ3) is 13.7. The molecule has 6 N–H and O–H groups in total. The van der Waals surface area contributed by atoms with Crippen molar-refractivity contribution >= 4 is 98.3 Å². The van der Waals surface area contributed by atoms with Gasteiger partial charge in [0, 0.05) is 45.3 Å². The van der Waals surface area contributed by atoms with Crippen molar-refractivity contribution in [3.8, 4) is 17.2 Å². The lowest BCUT2D eigenvalue weighted by molar-refractivity contribution is -0.137. The molecule has 0 atom stereocenters. The van der Waals surface area contributed by atoms with Crippen molar-refractivity contribution in [2.75, 3.05) is 16.0 Å². The second kappa shape index (κ2) is 21.2. The third-order valence-corrected chi connectivity index (χ3v) is 9.78. The first-order valence-electron chi connectivity index (χ1n) is 16.7. The molecule has 6 aromatic carbocycles. The van der Waals surface area contributed by atoms with Crippen LogP contribution in [0.2, 0.25) is 35.2 Å². The van der Waals surface area contributed by atoms with Gasteiger partial charge in [0.1, 0.15) is 5.82 Å². The number of anilines is 3. The molecule has 58 heavy (non-hydrogen) atoms. The zero-order valence-electron chi connectivity index (χ0n) is 29.9. The zero-order valence-corrected chi connectivity index (χ0v) is 35.2. The molecule has 0 bridgehead atoms. The SMILES string of the molecule is Cc1cccc(CNc2cc(Cl)cc(Cl)c2O)c1.Oc1c(Cl)cc(Cl)cc1NCc1c(F)cccc1Cl.Oc1c(Cl)cc(Cl)cc1NCc1cccc(C(F)(F)F)c1. The highest BCUT2D eigenvalue weighted by Gasteiger charge is 2.30. The van der Waals surface area contributed by atoms with E-state index in [1.807, 2.05) is 25.1 Å². The number of hydrogen-bond donors (Lipinski definition) is 6. The highest BCUT2D eigenvalue weighted by Crippen LogP contribution is 2.38. The standard InChI is InChI=1S/C14H10Cl2F3NO.C14H13Cl2NO.C13H9Cl3FNO/c15-10-5-11(16)13(21)12(6-10)20-7-8-2-1-3-9(4-8)14(17,18)19;1-9-3-2-4-10(5-9)8-17-13-7-11(15)6-12(16)14(13)18;14-7-4-10(16)13(19)12(5-7)18-6-8-9(15)2-1-3-11(8)17/h1-6,20-21H,7H2;2-7,17-18H,8H2,1H3;1-5,18-19H,6H2. The largest absolute Gasteiger partial charge is 0.504 e. The van der Waals surface area contributed by atoms with E-state index in [0.29, 0.717) is 49.1 Å². The summed E-state index contributed by atoms with van der Waals surface area (Å²) >= 11 is 40.8. The van der Waals surface area contributed by atoms with Gasteiger partial charge in [-0.25, -0.2) is 4.39 Å². The molecule has 306 valence electrons. The number of aryl methyl sites for hydroxylation is 1. The van der Waals surface area contributed by atoms with Gasteiger partial charge in [-0.05, 0) is 78.7 Å². The minimum atomic E-state index is -4.39. The minimum Gasteiger partial charge on any atom is -0.504 e. The molecule has 0 spiro atoms. The van der Waals surface area contributed by atoms with Crippen LogP contribution in [-0.4, -0.2) is 15.3 Å². The predicted molar refractivity (Wildman–Crippen MR) is 230 cm³/mol. The van der Waals surface area contributed by atoms with Crippen molar-refractivity contribution in [1.82, 2.24) is 0 Å². The summed E-state index contributed by atoms with van der Waals surface area (Å²) in [6.07, 6.45) is -4.39. The van der Waals surface area contributed by atoms with Gasteiger partial charge in [-0.2, -0.15) is 13.2 Å². The van der Waals surface area contributed by atoms with Gasteiger partial charge in [-0.15, -0.1) is 0 Å². The molecule has 0 fully saturated rings. The Morgan fingerprint density at radius 3 is 1.34 bits per heavy atom. The van der Waals surface area contributed by atoms with E-state index in [0.717, 1.165) is 17.7 Å². The van der Waals surface area contributed by atoms with Crippen molar-refractivity contribution in [3.05, 3.63) is 172 Å². The Bertz CT molecular complexity index is 2350. The number of aromatic hydroxyl groups is 3. The molecule has 6 nitrogen and oxygen atoms in total. The van der Waals surface area contributed by atoms with E-state index in [9.17, 15) is 32.9 Å². The lowest BCUT2D eigenvalue weighted by atomic mass is 10.1. The third-order valence-electron chi connectivity index (χ3n) is 7.90. The summed E-state index contributed by atoms with van der Waals surface area (Å²) in [5, 5.41) is 40.0. The van der Waals surface area contributed by atoms with Crippen molar-refractivity contribution in [1.29, 1.82) is 0 Å². The lowest BCUT2D eigenvalue weighted by Crippen LogP contribution is -2.07. The highest BCUT2D eigenvalue weighted by atomic mass is 35.5. The van der Waals surface area contributed by atoms with Gasteiger partial charge in [-0.3, -0.25) is 0 Å².